The maximum atomic E-state index is 2.78. The van der Waals surface area contributed by atoms with Crippen LogP contribution in [-0.2, 0) is 0 Å². The van der Waals surface area contributed by atoms with Crippen molar-refractivity contribution in [3.05, 3.63) is 156 Å². The van der Waals surface area contributed by atoms with E-state index < -0.39 is 0 Å². The zero-order chi connectivity index (χ0) is 35.0. The first kappa shape index (κ1) is 31.6. The van der Waals surface area contributed by atoms with E-state index in [1.807, 2.05) is 0 Å². The number of anilines is 2. The highest BCUT2D eigenvalue weighted by Gasteiger charge is 2.40. The van der Waals surface area contributed by atoms with Crippen LogP contribution in [0.4, 0.5) is 11.4 Å². The van der Waals surface area contributed by atoms with Crippen LogP contribution in [0.25, 0.3) is 44.2 Å². The molecule has 0 saturated heterocycles. The number of benzene rings is 5. The summed E-state index contributed by atoms with van der Waals surface area (Å²) in [5.41, 5.74) is 17.3. The lowest BCUT2D eigenvalue weighted by molar-refractivity contribution is 0.305. The fraction of sp³-hybridized carbons (Fsp3) is 0.308. The van der Waals surface area contributed by atoms with Gasteiger partial charge in [0.05, 0.1) is 0 Å². The van der Waals surface area contributed by atoms with E-state index in [2.05, 4.69) is 145 Å². The minimum atomic E-state index is 0.327. The first-order valence-corrected chi connectivity index (χ1v) is 20.7. The molecule has 6 unspecified atom stereocenters. The highest BCUT2D eigenvalue weighted by atomic mass is 15.2. The first-order chi connectivity index (χ1) is 26.2. The van der Waals surface area contributed by atoms with Gasteiger partial charge in [-0.2, -0.15) is 0 Å². The van der Waals surface area contributed by atoms with Crippen molar-refractivity contribution in [1.29, 1.82) is 0 Å². The van der Waals surface area contributed by atoms with Gasteiger partial charge in [0.1, 0.15) is 0 Å². The third-order valence-electron chi connectivity index (χ3n) is 14.1. The van der Waals surface area contributed by atoms with Gasteiger partial charge in [-0.1, -0.05) is 147 Å². The van der Waals surface area contributed by atoms with Crippen molar-refractivity contribution < 1.29 is 0 Å². The van der Waals surface area contributed by atoms with Crippen molar-refractivity contribution in [3.63, 3.8) is 0 Å². The molecule has 6 aliphatic carbocycles. The van der Waals surface area contributed by atoms with Crippen molar-refractivity contribution in [2.24, 2.45) is 23.7 Å². The first-order valence-electron chi connectivity index (χ1n) is 20.7. The molecule has 5 aromatic rings. The lowest BCUT2D eigenvalue weighted by Gasteiger charge is -2.42. The number of rotatable bonds is 4. The quantitative estimate of drug-likeness (QED) is 0.182. The van der Waals surface area contributed by atoms with Crippen LogP contribution in [0.15, 0.2) is 139 Å². The molecule has 2 saturated carbocycles. The van der Waals surface area contributed by atoms with E-state index in [9.17, 15) is 0 Å². The molecule has 2 fully saturated rings. The Morgan fingerprint density at radius 3 is 2.34 bits per heavy atom. The van der Waals surface area contributed by atoms with Crippen LogP contribution in [0.3, 0.4) is 0 Å². The molecule has 1 nitrogen and oxygen atoms in total. The molecule has 53 heavy (non-hydrogen) atoms. The van der Waals surface area contributed by atoms with Gasteiger partial charge < -0.3 is 4.90 Å². The molecule has 0 aliphatic heterocycles. The molecule has 6 aliphatic rings. The van der Waals surface area contributed by atoms with Gasteiger partial charge in [-0.15, -0.1) is 0 Å². The maximum Gasteiger partial charge on any atom is 0.0419 e. The molecule has 1 heteroatoms. The van der Waals surface area contributed by atoms with Crippen LogP contribution in [-0.4, -0.2) is 6.04 Å². The van der Waals surface area contributed by atoms with Crippen molar-refractivity contribution in [1.82, 2.24) is 0 Å². The molecule has 0 N–H and O–H groups in total. The Bertz CT molecular complexity index is 2400. The second kappa shape index (κ2) is 12.6. The van der Waals surface area contributed by atoms with E-state index >= 15 is 0 Å². The van der Waals surface area contributed by atoms with E-state index in [1.54, 1.807) is 5.57 Å². The fourth-order valence-electron chi connectivity index (χ4n) is 11.7. The Morgan fingerprint density at radius 1 is 0.604 bits per heavy atom. The van der Waals surface area contributed by atoms with Crippen LogP contribution in [0.5, 0.6) is 0 Å². The zero-order valence-corrected chi connectivity index (χ0v) is 31.0. The highest BCUT2D eigenvalue weighted by molar-refractivity contribution is 6.13. The predicted octanol–water partition coefficient (Wildman–Crippen LogP) is 14.1. The second-order valence-electron chi connectivity index (χ2n) is 16.9. The molecular weight excluding hydrogens is 639 g/mol. The van der Waals surface area contributed by atoms with Gasteiger partial charge in [0.2, 0.25) is 0 Å². The summed E-state index contributed by atoms with van der Waals surface area (Å²) < 4.78 is 0. The van der Waals surface area contributed by atoms with Gasteiger partial charge >= 0.3 is 0 Å². The van der Waals surface area contributed by atoms with Gasteiger partial charge in [-0.25, -0.2) is 0 Å². The molecule has 0 amide bonds. The molecule has 0 radical (unpaired) electrons. The van der Waals surface area contributed by atoms with Gasteiger partial charge in [-0.3, -0.25) is 0 Å². The van der Waals surface area contributed by atoms with E-state index in [0.29, 0.717) is 23.8 Å². The second-order valence-corrected chi connectivity index (χ2v) is 16.9. The fourth-order valence-corrected chi connectivity index (χ4v) is 11.7. The van der Waals surface area contributed by atoms with Gasteiger partial charge in [0.25, 0.3) is 0 Å². The molecule has 0 aromatic heterocycles. The monoisotopic (exact) mass is 687 g/mol. The van der Waals surface area contributed by atoms with Crippen LogP contribution < -0.4 is 4.90 Å². The molecule has 0 heterocycles. The van der Waals surface area contributed by atoms with Gasteiger partial charge in [-0.05, 0) is 141 Å². The van der Waals surface area contributed by atoms with Crippen LogP contribution in [0.1, 0.15) is 87.3 Å². The minimum Gasteiger partial charge on any atom is -0.338 e. The Balaban J connectivity index is 1.07. The smallest absolute Gasteiger partial charge is 0.0419 e. The third kappa shape index (κ3) is 5.03. The van der Waals surface area contributed by atoms with E-state index in [4.69, 9.17) is 0 Å². The Labute approximate surface area is 315 Å². The van der Waals surface area contributed by atoms with E-state index in [1.165, 1.54) is 130 Å². The molecule has 5 aromatic carbocycles. The average Bonchev–Trinajstić information content (AvgIpc) is 3.53. The number of hydrogen-bond donors (Lipinski definition) is 0. The molecule has 262 valence electrons. The number of hydrogen-bond acceptors (Lipinski definition) is 1. The van der Waals surface area contributed by atoms with Gasteiger partial charge in [0.15, 0.2) is 0 Å². The topological polar surface area (TPSA) is 3.24 Å². The number of allylic oxidation sites excluding steroid dienone is 8. The minimum absolute atomic E-state index is 0.327. The number of nitrogens with zero attached hydrogens (tertiary/aromatic N) is 1. The molecule has 6 bridgehead atoms. The summed E-state index contributed by atoms with van der Waals surface area (Å²) in [6.07, 6.45) is 24.4. The van der Waals surface area contributed by atoms with Crippen LogP contribution >= 0.6 is 0 Å². The lowest BCUT2D eigenvalue weighted by atomic mass is 9.69. The van der Waals surface area contributed by atoms with Crippen molar-refractivity contribution >= 4 is 33.3 Å². The predicted molar refractivity (Wildman–Crippen MR) is 224 cm³/mol. The molecule has 6 atom stereocenters. The summed E-state index contributed by atoms with van der Waals surface area (Å²) in [6.45, 7) is 2.42. The highest BCUT2D eigenvalue weighted by Crippen LogP contribution is 2.59. The van der Waals surface area contributed by atoms with Crippen molar-refractivity contribution in [2.75, 3.05) is 4.90 Å². The van der Waals surface area contributed by atoms with Crippen molar-refractivity contribution in [2.45, 2.75) is 76.7 Å². The number of fused-ring (bicyclic) bond motifs is 6. The zero-order valence-electron chi connectivity index (χ0n) is 31.0. The summed E-state index contributed by atoms with van der Waals surface area (Å²) in [4.78, 5) is 2.78. The van der Waals surface area contributed by atoms with Crippen molar-refractivity contribution in [3.8, 4) is 22.3 Å². The lowest BCUT2D eigenvalue weighted by Crippen LogP contribution is -2.37. The average molecular weight is 688 g/mol. The largest absolute Gasteiger partial charge is 0.338 e. The summed E-state index contributed by atoms with van der Waals surface area (Å²) in [5.74, 6) is 2.89. The molecule has 11 rings (SSSR count). The molecule has 0 spiro atoms. The molecular formula is C52H49N. The van der Waals surface area contributed by atoms with Crippen LogP contribution in [0, 0.1) is 23.7 Å². The summed E-state index contributed by atoms with van der Waals surface area (Å²) in [5, 5.41) is 2.63. The van der Waals surface area contributed by atoms with Gasteiger partial charge in [0, 0.05) is 23.3 Å². The Kier molecular flexibility index (Phi) is 7.53. The Hall–Kier alpha value is -4.88. The summed E-state index contributed by atoms with van der Waals surface area (Å²) in [6, 6.07) is 40.4. The van der Waals surface area contributed by atoms with Crippen LogP contribution in [0.2, 0.25) is 0 Å². The summed E-state index contributed by atoms with van der Waals surface area (Å²) in [7, 11) is 0. The third-order valence-corrected chi connectivity index (χ3v) is 14.1. The summed E-state index contributed by atoms with van der Waals surface area (Å²) >= 11 is 0. The normalized spacial score (nSPS) is 26.5. The maximum absolute atomic E-state index is 2.78. The Morgan fingerprint density at radius 2 is 1.40 bits per heavy atom. The van der Waals surface area contributed by atoms with E-state index in [-0.39, 0.29) is 0 Å². The van der Waals surface area contributed by atoms with E-state index in [0.717, 1.165) is 11.8 Å². The standard InChI is InChI=1S/C52H49N/c1-33-24-28-47-46-23-11-22-44-43-19-7-8-20-45(43)52(47)50(33)48-29-27-40(32-49(48)51(44)46)53(39-26-25-34-12-5-6-14-36(34)30-39)38-17-9-16-37(31-38)42-21-10-15-35-13-3-2-4-18-41(35)42/h5-8,10-12,14-15,19-30,32-33,35,37-38,41,50H,2-4,9,13,16-18,31H2,1H3. The SMILES string of the molecule is CC1C=CC2=C3c4ccccc4-c4cccc2c4-c2cc(N(c4ccc5ccccc5c4)C4CCCC(C5=CC=CC6CCCCCC56)C4)ccc2C31.